The normalized spacial score (nSPS) is 21.4. The number of methoxy groups -OCH3 is 1. The van der Waals surface area contributed by atoms with Crippen LogP contribution in [0.4, 0.5) is 0 Å². The molecule has 0 aliphatic carbocycles. The smallest absolute Gasteiger partial charge is 0.321 e. The summed E-state index contributed by atoms with van der Waals surface area (Å²) in [5.41, 5.74) is 0.362. The van der Waals surface area contributed by atoms with Crippen LogP contribution in [0, 0.1) is 5.41 Å². The Hall–Kier alpha value is -0.610. The van der Waals surface area contributed by atoms with Gasteiger partial charge < -0.3 is 9.84 Å². The molecular weight excluding hydrogens is 206 g/mol. The van der Waals surface area contributed by atoms with Gasteiger partial charge in [0.1, 0.15) is 6.04 Å². The first kappa shape index (κ1) is 13.5. The Balaban J connectivity index is 2.48. The summed E-state index contributed by atoms with van der Waals surface area (Å²) in [7, 11) is 1.61. The molecule has 1 fully saturated rings. The summed E-state index contributed by atoms with van der Waals surface area (Å²) in [6.07, 6.45) is 2.85. The third-order valence-electron chi connectivity index (χ3n) is 3.90. The molecule has 16 heavy (non-hydrogen) atoms. The fourth-order valence-corrected chi connectivity index (χ4v) is 2.42. The van der Waals surface area contributed by atoms with E-state index < -0.39 is 5.97 Å². The summed E-state index contributed by atoms with van der Waals surface area (Å²) in [5.74, 6) is -0.724. The van der Waals surface area contributed by atoms with Crippen molar-refractivity contribution in [2.75, 3.05) is 26.8 Å². The highest BCUT2D eigenvalue weighted by molar-refractivity contribution is 5.73. The van der Waals surface area contributed by atoms with Gasteiger partial charge in [-0.2, -0.15) is 0 Å². The van der Waals surface area contributed by atoms with E-state index in [2.05, 4.69) is 18.7 Å². The molecule has 0 spiro atoms. The zero-order chi connectivity index (χ0) is 12.2. The van der Waals surface area contributed by atoms with E-state index >= 15 is 0 Å². The van der Waals surface area contributed by atoms with E-state index in [0.29, 0.717) is 18.4 Å². The Morgan fingerprint density at radius 2 is 2.00 bits per heavy atom. The van der Waals surface area contributed by atoms with Crippen molar-refractivity contribution in [3.05, 3.63) is 0 Å². The molecule has 0 radical (unpaired) electrons. The van der Waals surface area contributed by atoms with Crippen LogP contribution in [-0.2, 0) is 9.53 Å². The lowest BCUT2D eigenvalue weighted by Crippen LogP contribution is -2.61. The molecule has 4 nitrogen and oxygen atoms in total. The van der Waals surface area contributed by atoms with E-state index in [0.717, 1.165) is 25.9 Å². The number of hydrogen-bond donors (Lipinski definition) is 1. The van der Waals surface area contributed by atoms with Gasteiger partial charge >= 0.3 is 5.97 Å². The van der Waals surface area contributed by atoms with Gasteiger partial charge in [0.15, 0.2) is 0 Å². The van der Waals surface area contributed by atoms with Crippen LogP contribution in [-0.4, -0.2) is 48.8 Å². The van der Waals surface area contributed by atoms with Crippen molar-refractivity contribution in [2.24, 2.45) is 5.41 Å². The van der Waals surface area contributed by atoms with E-state index in [4.69, 9.17) is 9.84 Å². The summed E-state index contributed by atoms with van der Waals surface area (Å²) in [5, 5.41) is 9.15. The topological polar surface area (TPSA) is 49.8 Å². The number of likely N-dealkylation sites (tertiary alicyclic amines) is 1. The molecule has 0 aromatic heterocycles. The third-order valence-corrected chi connectivity index (χ3v) is 3.90. The summed E-state index contributed by atoms with van der Waals surface area (Å²) < 4.78 is 4.96. The average molecular weight is 229 g/mol. The number of hydrogen-bond acceptors (Lipinski definition) is 3. The highest BCUT2D eigenvalue weighted by Crippen LogP contribution is 2.38. The fraction of sp³-hybridized carbons (Fsp3) is 0.917. The van der Waals surface area contributed by atoms with E-state index in [1.165, 1.54) is 0 Å². The summed E-state index contributed by atoms with van der Waals surface area (Å²) in [6, 6.07) is -0.369. The van der Waals surface area contributed by atoms with Crippen LogP contribution >= 0.6 is 0 Å². The molecule has 1 aliphatic rings. The van der Waals surface area contributed by atoms with Gasteiger partial charge in [-0.15, -0.1) is 0 Å². The Labute approximate surface area is 97.6 Å². The number of nitrogens with zero attached hydrogens (tertiary/aromatic N) is 1. The van der Waals surface area contributed by atoms with Crippen LogP contribution in [0.25, 0.3) is 0 Å². The minimum atomic E-state index is -0.724. The highest BCUT2D eigenvalue weighted by atomic mass is 16.5. The first-order chi connectivity index (χ1) is 7.58. The standard InChI is InChI=1S/C12H23NO3/c1-4-12(5-2)8-13(9-12)10(11(14)15)6-7-16-3/h10H,4-9H2,1-3H3,(H,14,15). The quantitative estimate of drug-likeness (QED) is 0.720. The van der Waals surface area contributed by atoms with Crippen LogP contribution in [0.15, 0.2) is 0 Å². The lowest BCUT2D eigenvalue weighted by Gasteiger charge is -2.52. The Morgan fingerprint density at radius 1 is 1.44 bits per heavy atom. The minimum absolute atomic E-state index is 0.362. The van der Waals surface area contributed by atoms with Gasteiger partial charge in [-0.3, -0.25) is 9.69 Å². The van der Waals surface area contributed by atoms with Crippen LogP contribution in [0.2, 0.25) is 0 Å². The fourth-order valence-electron chi connectivity index (χ4n) is 2.42. The largest absolute Gasteiger partial charge is 0.480 e. The second-order valence-corrected chi connectivity index (χ2v) is 4.75. The number of carboxylic acid groups (broad SMARTS) is 1. The molecule has 1 rings (SSSR count). The van der Waals surface area contributed by atoms with Crippen molar-refractivity contribution >= 4 is 5.97 Å². The number of rotatable bonds is 7. The first-order valence-electron chi connectivity index (χ1n) is 6.04. The number of ether oxygens (including phenoxy) is 1. The van der Waals surface area contributed by atoms with Crippen LogP contribution in [0.3, 0.4) is 0 Å². The molecule has 94 valence electrons. The van der Waals surface area contributed by atoms with E-state index in [-0.39, 0.29) is 6.04 Å². The SMILES string of the molecule is CCC1(CC)CN(C(CCOC)C(=O)O)C1. The maximum absolute atomic E-state index is 11.1. The highest BCUT2D eigenvalue weighted by Gasteiger charge is 2.44. The monoisotopic (exact) mass is 229 g/mol. The Kier molecular flexibility index (Phi) is 4.74. The van der Waals surface area contributed by atoms with Crippen LogP contribution in [0.1, 0.15) is 33.1 Å². The molecule has 0 amide bonds. The average Bonchev–Trinajstić information content (AvgIpc) is 2.21. The molecule has 1 saturated heterocycles. The second kappa shape index (κ2) is 5.64. The van der Waals surface area contributed by atoms with Crippen molar-refractivity contribution in [1.82, 2.24) is 4.90 Å². The maximum Gasteiger partial charge on any atom is 0.321 e. The maximum atomic E-state index is 11.1. The van der Waals surface area contributed by atoms with E-state index in [9.17, 15) is 4.79 Å². The number of carbonyl (C=O) groups is 1. The number of aliphatic carboxylic acids is 1. The molecule has 1 atom stereocenters. The molecule has 0 saturated carbocycles. The van der Waals surface area contributed by atoms with Crippen molar-refractivity contribution in [3.8, 4) is 0 Å². The lowest BCUT2D eigenvalue weighted by molar-refractivity contribution is -0.151. The van der Waals surface area contributed by atoms with Crippen molar-refractivity contribution in [2.45, 2.75) is 39.2 Å². The minimum Gasteiger partial charge on any atom is -0.480 e. The van der Waals surface area contributed by atoms with Gasteiger partial charge in [0, 0.05) is 26.8 Å². The van der Waals surface area contributed by atoms with E-state index in [1.54, 1.807) is 7.11 Å². The molecule has 1 aliphatic heterocycles. The first-order valence-corrected chi connectivity index (χ1v) is 6.04. The van der Waals surface area contributed by atoms with Gasteiger partial charge in [-0.25, -0.2) is 0 Å². The predicted molar refractivity (Wildman–Crippen MR) is 62.5 cm³/mol. The molecular formula is C12H23NO3. The summed E-state index contributed by atoms with van der Waals surface area (Å²) >= 11 is 0. The molecule has 1 heterocycles. The van der Waals surface area contributed by atoms with Crippen LogP contribution in [0.5, 0.6) is 0 Å². The lowest BCUT2D eigenvalue weighted by atomic mass is 9.74. The predicted octanol–water partition coefficient (Wildman–Crippen LogP) is 1.60. The second-order valence-electron chi connectivity index (χ2n) is 4.75. The summed E-state index contributed by atoms with van der Waals surface area (Å²) in [6.45, 7) is 6.72. The van der Waals surface area contributed by atoms with Gasteiger partial charge in [0.05, 0.1) is 0 Å². The molecule has 0 aromatic carbocycles. The molecule has 0 bridgehead atoms. The van der Waals surface area contributed by atoms with Gasteiger partial charge in [-0.1, -0.05) is 13.8 Å². The number of carboxylic acids is 1. The van der Waals surface area contributed by atoms with Gasteiger partial charge in [-0.05, 0) is 24.7 Å². The third kappa shape index (κ3) is 2.74. The van der Waals surface area contributed by atoms with Crippen molar-refractivity contribution in [3.63, 3.8) is 0 Å². The molecule has 4 heteroatoms. The summed E-state index contributed by atoms with van der Waals surface area (Å²) in [4.78, 5) is 13.2. The van der Waals surface area contributed by atoms with Crippen LogP contribution < -0.4 is 0 Å². The van der Waals surface area contributed by atoms with Gasteiger partial charge in [0.2, 0.25) is 0 Å². The molecule has 0 aromatic rings. The molecule has 1 N–H and O–H groups in total. The Bertz CT molecular complexity index is 230. The van der Waals surface area contributed by atoms with Gasteiger partial charge in [0.25, 0.3) is 0 Å². The molecule has 1 unspecified atom stereocenters. The zero-order valence-electron chi connectivity index (χ0n) is 10.5. The Morgan fingerprint density at radius 3 is 2.38 bits per heavy atom. The van der Waals surface area contributed by atoms with E-state index in [1.807, 2.05) is 0 Å². The zero-order valence-corrected chi connectivity index (χ0v) is 10.5. The van der Waals surface area contributed by atoms with Crippen molar-refractivity contribution < 1.29 is 14.6 Å². The van der Waals surface area contributed by atoms with Crippen molar-refractivity contribution in [1.29, 1.82) is 0 Å².